The first-order valence-electron chi connectivity index (χ1n) is 1.86. The minimum Gasteiger partial charge on any atom is -0.375 e. The van der Waals surface area contributed by atoms with E-state index < -0.39 is 6.09 Å². The fourth-order valence-corrected chi connectivity index (χ4v) is 0.351. The van der Waals surface area contributed by atoms with Crippen LogP contribution in [0.4, 0.5) is 4.79 Å². The molecule has 2 N–H and O–H groups in total. The zero-order valence-electron chi connectivity index (χ0n) is 4.01. The molecule has 0 aromatic carbocycles. The summed E-state index contributed by atoms with van der Waals surface area (Å²) in [6.07, 6.45) is -0.730. The van der Waals surface area contributed by atoms with Crippen molar-refractivity contribution in [3.63, 3.8) is 0 Å². The Labute approximate surface area is 46.4 Å². The number of carbonyl (C=O) groups is 1. The van der Waals surface area contributed by atoms with Crippen LogP contribution < -0.4 is 5.73 Å². The van der Waals surface area contributed by atoms with E-state index in [-0.39, 0.29) is 0 Å². The van der Waals surface area contributed by atoms with Crippen molar-refractivity contribution >= 4 is 18.1 Å². The maximum absolute atomic E-state index is 9.74. The molecular weight excluding hydrogens is 114 g/mol. The zero-order valence-corrected chi connectivity index (χ0v) is 4.83. The molecule has 0 atom stereocenters. The van der Waals surface area contributed by atoms with Crippen LogP contribution in [0.25, 0.3) is 0 Å². The lowest BCUT2D eigenvalue weighted by molar-refractivity contribution is 0.218. The molecule has 42 valence electrons. The van der Waals surface area contributed by atoms with Gasteiger partial charge in [-0.2, -0.15) is 0 Å². The summed E-state index contributed by atoms with van der Waals surface area (Å²) < 4.78 is 4.25. The molecule has 4 heteroatoms. The molecule has 0 saturated heterocycles. The third-order valence-electron chi connectivity index (χ3n) is 0.259. The van der Waals surface area contributed by atoms with Gasteiger partial charge >= 0.3 is 6.09 Å². The summed E-state index contributed by atoms with van der Waals surface area (Å²) >= 11 is 1.04. The summed E-state index contributed by atoms with van der Waals surface area (Å²) in [5.41, 5.74) is 4.60. The van der Waals surface area contributed by atoms with E-state index >= 15 is 0 Å². The summed E-state index contributed by atoms with van der Waals surface area (Å²) in [5, 5.41) is 0. The van der Waals surface area contributed by atoms with Crippen molar-refractivity contribution in [2.75, 3.05) is 5.75 Å². The highest BCUT2D eigenvalue weighted by Crippen LogP contribution is 1.97. The Hall–Kier alpha value is -0.380. The molecule has 0 rings (SSSR count). The van der Waals surface area contributed by atoms with Gasteiger partial charge in [0.05, 0.1) is 12.0 Å². The molecule has 0 aromatic rings. The Kier molecular flexibility index (Phi) is 3.59. The zero-order chi connectivity index (χ0) is 5.70. The fourth-order valence-electron chi connectivity index (χ4n) is 0.117. The van der Waals surface area contributed by atoms with E-state index in [9.17, 15) is 4.79 Å². The number of primary amides is 1. The van der Waals surface area contributed by atoms with Gasteiger partial charge in [0.15, 0.2) is 0 Å². The van der Waals surface area contributed by atoms with E-state index in [4.69, 9.17) is 0 Å². The average Bonchev–Trinajstić information content (AvgIpc) is 1.61. The fraction of sp³-hybridized carbons (Fsp3) is 0.667. The molecule has 0 aromatic heterocycles. The van der Waals surface area contributed by atoms with Crippen LogP contribution in [0.15, 0.2) is 0 Å². The first-order chi connectivity index (χ1) is 3.27. The van der Waals surface area contributed by atoms with Gasteiger partial charge in [-0.15, -0.1) is 0 Å². The monoisotopic (exact) mass is 121 g/mol. The number of amides is 1. The lowest BCUT2D eigenvalue weighted by Crippen LogP contribution is -2.08. The van der Waals surface area contributed by atoms with Crippen LogP contribution in [-0.4, -0.2) is 11.8 Å². The van der Waals surface area contributed by atoms with Crippen LogP contribution >= 0.6 is 12.0 Å². The number of carbonyl (C=O) groups excluding carboxylic acids is 1. The first-order valence-corrected chi connectivity index (χ1v) is 2.77. The van der Waals surface area contributed by atoms with Crippen molar-refractivity contribution in [3.8, 4) is 0 Å². The summed E-state index contributed by atoms with van der Waals surface area (Å²) in [6.45, 7) is 1.87. The van der Waals surface area contributed by atoms with Gasteiger partial charge < -0.3 is 9.92 Å². The third kappa shape index (κ3) is 5.62. The molecule has 0 aliphatic heterocycles. The maximum Gasteiger partial charge on any atom is 0.416 e. The molecule has 0 unspecified atom stereocenters. The van der Waals surface area contributed by atoms with Gasteiger partial charge in [0.2, 0.25) is 0 Å². The third-order valence-corrected chi connectivity index (χ3v) is 0.777. The van der Waals surface area contributed by atoms with Crippen LogP contribution in [0.2, 0.25) is 0 Å². The highest BCUT2D eigenvalue weighted by atomic mass is 32.2. The van der Waals surface area contributed by atoms with E-state index in [0.717, 1.165) is 17.8 Å². The van der Waals surface area contributed by atoms with Gasteiger partial charge in [0.1, 0.15) is 0 Å². The molecule has 0 fully saturated rings. The van der Waals surface area contributed by atoms with Crippen LogP contribution in [0.1, 0.15) is 6.92 Å². The molecule has 3 nitrogen and oxygen atoms in total. The van der Waals surface area contributed by atoms with Crippen LogP contribution in [0.5, 0.6) is 0 Å². The Morgan fingerprint density at radius 1 is 2.00 bits per heavy atom. The van der Waals surface area contributed by atoms with Gasteiger partial charge in [-0.25, -0.2) is 4.79 Å². The Morgan fingerprint density at radius 2 is 2.57 bits per heavy atom. The largest absolute Gasteiger partial charge is 0.416 e. The highest BCUT2D eigenvalue weighted by molar-refractivity contribution is 7.95. The Balaban J connectivity index is 2.82. The topological polar surface area (TPSA) is 52.3 Å². The first kappa shape index (κ1) is 6.62. The SMILES string of the molecule is CCSOC(N)=O. The summed E-state index contributed by atoms with van der Waals surface area (Å²) in [4.78, 5) is 9.74. The predicted octanol–water partition coefficient (Wildman–Crippen LogP) is 0.750. The summed E-state index contributed by atoms with van der Waals surface area (Å²) in [5.74, 6) is 0.739. The van der Waals surface area contributed by atoms with E-state index in [1.54, 1.807) is 0 Å². The van der Waals surface area contributed by atoms with Crippen LogP contribution in [0.3, 0.4) is 0 Å². The van der Waals surface area contributed by atoms with Crippen molar-refractivity contribution < 1.29 is 8.98 Å². The van der Waals surface area contributed by atoms with Crippen LogP contribution in [0, 0.1) is 0 Å². The average molecular weight is 121 g/mol. The van der Waals surface area contributed by atoms with Gasteiger partial charge in [0, 0.05) is 5.75 Å². The predicted molar refractivity (Wildman–Crippen MR) is 28.8 cm³/mol. The molecule has 0 heterocycles. The van der Waals surface area contributed by atoms with Gasteiger partial charge in [-0.3, -0.25) is 0 Å². The second-order valence-electron chi connectivity index (χ2n) is 0.809. The lowest BCUT2D eigenvalue weighted by Gasteiger charge is -1.90. The van der Waals surface area contributed by atoms with Crippen molar-refractivity contribution in [2.45, 2.75) is 6.92 Å². The molecule has 0 bridgehead atoms. The number of hydrogen-bond acceptors (Lipinski definition) is 3. The van der Waals surface area contributed by atoms with Gasteiger partial charge in [0.25, 0.3) is 0 Å². The van der Waals surface area contributed by atoms with Crippen molar-refractivity contribution in [3.05, 3.63) is 0 Å². The minimum atomic E-state index is -0.730. The van der Waals surface area contributed by atoms with E-state index in [1.165, 1.54) is 0 Å². The Morgan fingerprint density at radius 3 is 2.71 bits per heavy atom. The van der Waals surface area contributed by atoms with E-state index in [2.05, 4.69) is 9.92 Å². The second kappa shape index (κ2) is 3.80. The molecule has 0 spiro atoms. The molecule has 0 aliphatic rings. The van der Waals surface area contributed by atoms with E-state index in [1.807, 2.05) is 6.92 Å². The lowest BCUT2D eigenvalue weighted by atomic mass is 11.0. The maximum atomic E-state index is 9.74. The van der Waals surface area contributed by atoms with Crippen LogP contribution in [-0.2, 0) is 4.18 Å². The smallest absolute Gasteiger partial charge is 0.375 e. The Bertz CT molecular complexity index is 66.0. The summed E-state index contributed by atoms with van der Waals surface area (Å²) in [6, 6.07) is 0. The molecule has 0 aliphatic carbocycles. The summed E-state index contributed by atoms with van der Waals surface area (Å²) in [7, 11) is 0. The van der Waals surface area contributed by atoms with Gasteiger partial charge in [-0.05, 0) is 0 Å². The second-order valence-corrected chi connectivity index (χ2v) is 1.79. The molecular formula is C3H7NO2S. The van der Waals surface area contributed by atoms with Crippen molar-refractivity contribution in [1.82, 2.24) is 0 Å². The highest BCUT2D eigenvalue weighted by Gasteiger charge is 1.88. The van der Waals surface area contributed by atoms with Crippen molar-refractivity contribution in [2.24, 2.45) is 5.73 Å². The molecule has 7 heavy (non-hydrogen) atoms. The van der Waals surface area contributed by atoms with E-state index in [0.29, 0.717) is 0 Å². The number of nitrogens with two attached hydrogens (primary N) is 1. The standard InChI is InChI=1S/C3H7NO2S/c1-2-7-6-3(4)5/h2H2,1H3,(H2,4,5). The normalized spacial score (nSPS) is 8.14. The quantitative estimate of drug-likeness (QED) is 0.548. The van der Waals surface area contributed by atoms with Gasteiger partial charge in [-0.1, -0.05) is 6.92 Å². The van der Waals surface area contributed by atoms with Crippen molar-refractivity contribution in [1.29, 1.82) is 0 Å². The molecule has 1 amide bonds. The number of hydrogen-bond donors (Lipinski definition) is 1. The molecule has 0 radical (unpaired) electrons. The number of rotatable bonds is 2. The molecule has 0 saturated carbocycles. The minimum absolute atomic E-state index is 0.730.